The molecule has 0 aromatic heterocycles. The van der Waals surface area contributed by atoms with E-state index in [1.807, 2.05) is 0 Å². The maximum absolute atomic E-state index is 11.3. The second kappa shape index (κ2) is 5.78. The highest BCUT2D eigenvalue weighted by atomic mass is 32.2. The molecule has 0 aromatic carbocycles. The van der Waals surface area contributed by atoms with Gasteiger partial charge in [0.05, 0.1) is 5.75 Å². The average Bonchev–Trinajstić information content (AvgIpc) is 2.12. The fraction of sp³-hybridized carbons (Fsp3) is 0.833. The fourth-order valence-electron chi connectivity index (χ4n) is 0.676. The highest BCUT2D eigenvalue weighted by molar-refractivity contribution is 7.89. The van der Waals surface area contributed by atoms with Gasteiger partial charge in [0.2, 0.25) is 16.0 Å². The molecule has 0 atom stereocenters. The van der Waals surface area contributed by atoms with Crippen LogP contribution >= 0.6 is 0 Å². The van der Waals surface area contributed by atoms with Gasteiger partial charge in [0.25, 0.3) is 0 Å². The molecule has 0 aromatic rings. The van der Waals surface area contributed by atoms with Crippen LogP contribution in [0.25, 0.3) is 0 Å². The number of nitrogens with zero attached hydrogens (tertiary/aromatic N) is 2. The first kappa shape index (κ1) is 13.1. The minimum atomic E-state index is -3.16. The van der Waals surface area contributed by atoms with Gasteiger partial charge in [-0.1, -0.05) is 0 Å². The Kier molecular flexibility index (Phi) is 5.43. The van der Waals surface area contributed by atoms with Crippen LogP contribution < -0.4 is 16.6 Å². The summed E-state index contributed by atoms with van der Waals surface area (Å²) in [7, 11) is 1.36. The summed E-state index contributed by atoms with van der Waals surface area (Å²) in [4.78, 5) is 3.73. The normalized spacial score (nSPS) is 13.1. The van der Waals surface area contributed by atoms with Gasteiger partial charge in [0.15, 0.2) is 0 Å². The van der Waals surface area contributed by atoms with Crippen LogP contribution in [0.4, 0.5) is 0 Å². The van der Waals surface area contributed by atoms with Gasteiger partial charge in [-0.25, -0.2) is 18.6 Å². The molecule has 0 unspecified atom stereocenters. The number of aliphatic imine (C=N–C) groups is 1. The average molecular weight is 223 g/mol. The lowest BCUT2D eigenvalue weighted by atomic mass is 10.7. The Labute approximate surface area is 84.4 Å². The van der Waals surface area contributed by atoms with E-state index in [9.17, 15) is 8.42 Å². The number of sulfonamides is 1. The molecule has 0 aliphatic carbocycles. The van der Waals surface area contributed by atoms with Gasteiger partial charge in [-0.05, 0) is 0 Å². The Bertz CT molecular complexity index is 285. The molecule has 4 N–H and O–H groups in total. The van der Waals surface area contributed by atoms with E-state index < -0.39 is 10.0 Å². The Morgan fingerprint density at radius 2 is 2.07 bits per heavy atom. The molecule has 84 valence electrons. The predicted molar refractivity (Wildman–Crippen MR) is 56.2 cm³/mol. The van der Waals surface area contributed by atoms with E-state index in [0.717, 1.165) is 0 Å². The monoisotopic (exact) mass is 223 g/mol. The number of hydrogen-bond donors (Lipinski definition) is 3. The summed E-state index contributed by atoms with van der Waals surface area (Å²) >= 11 is 0. The molecule has 14 heavy (non-hydrogen) atoms. The summed E-state index contributed by atoms with van der Waals surface area (Å²) in [5.74, 6) is 5.45. The fourth-order valence-corrected chi connectivity index (χ4v) is 1.40. The Morgan fingerprint density at radius 1 is 1.50 bits per heavy atom. The number of guanidine groups is 1. The van der Waals surface area contributed by atoms with Crippen molar-refractivity contribution >= 4 is 16.0 Å². The summed E-state index contributed by atoms with van der Waals surface area (Å²) in [5.41, 5.74) is 2.30. The number of nitrogens with two attached hydrogens (primary N) is 1. The molecule has 0 rings (SSSR count). The Morgan fingerprint density at radius 3 is 2.43 bits per heavy atom. The van der Waals surface area contributed by atoms with E-state index in [0.29, 0.717) is 5.96 Å². The van der Waals surface area contributed by atoms with Crippen molar-refractivity contribution in [1.82, 2.24) is 15.0 Å². The summed E-state index contributed by atoms with van der Waals surface area (Å²) < 4.78 is 23.7. The molecule has 7 nitrogen and oxygen atoms in total. The van der Waals surface area contributed by atoms with Crippen molar-refractivity contribution in [3.8, 4) is 0 Å². The van der Waals surface area contributed by atoms with Gasteiger partial charge in [0, 0.05) is 27.7 Å². The van der Waals surface area contributed by atoms with Crippen LogP contribution in [-0.2, 0) is 10.0 Å². The molecule has 0 saturated heterocycles. The van der Waals surface area contributed by atoms with E-state index in [4.69, 9.17) is 5.84 Å². The molecule has 0 amide bonds. The Balaban J connectivity index is 3.98. The standard InChI is InChI=1S/C6H17N5O2S/c1-8-6(10-7)9-4-5-14(12,13)11(2)3/h4-5,7H2,1-3H3,(H2,8,9,10). The van der Waals surface area contributed by atoms with Crippen molar-refractivity contribution in [3.05, 3.63) is 0 Å². The summed E-state index contributed by atoms with van der Waals surface area (Å²) in [6, 6.07) is 0. The van der Waals surface area contributed by atoms with Crippen LogP contribution in [-0.4, -0.2) is 52.1 Å². The van der Waals surface area contributed by atoms with Crippen LogP contribution in [0.1, 0.15) is 0 Å². The topological polar surface area (TPSA) is 99.8 Å². The summed E-state index contributed by atoms with van der Waals surface area (Å²) in [5, 5.41) is 2.74. The third-order valence-electron chi connectivity index (χ3n) is 1.57. The molecular formula is C6H17N5O2S. The number of hydrazine groups is 1. The van der Waals surface area contributed by atoms with Crippen molar-refractivity contribution in [1.29, 1.82) is 0 Å². The predicted octanol–water partition coefficient (Wildman–Crippen LogP) is -2.08. The Hall–Kier alpha value is -0.860. The number of nitrogens with one attached hydrogen (secondary N) is 2. The van der Waals surface area contributed by atoms with E-state index in [2.05, 4.69) is 15.7 Å². The summed E-state index contributed by atoms with van der Waals surface area (Å²) in [6.07, 6.45) is 0. The molecule has 0 spiro atoms. The molecule has 0 heterocycles. The highest BCUT2D eigenvalue weighted by Crippen LogP contribution is 1.91. The molecule has 0 saturated carbocycles. The van der Waals surface area contributed by atoms with E-state index in [-0.39, 0.29) is 12.3 Å². The molecule has 0 fully saturated rings. The van der Waals surface area contributed by atoms with Crippen molar-refractivity contribution in [3.63, 3.8) is 0 Å². The molecular weight excluding hydrogens is 206 g/mol. The molecule has 0 aliphatic heterocycles. The minimum Gasteiger partial charge on any atom is -0.354 e. The van der Waals surface area contributed by atoms with Gasteiger partial charge in [0.1, 0.15) is 0 Å². The zero-order valence-electron chi connectivity index (χ0n) is 8.61. The van der Waals surface area contributed by atoms with Crippen molar-refractivity contribution < 1.29 is 8.42 Å². The first-order valence-electron chi connectivity index (χ1n) is 4.01. The lowest BCUT2D eigenvalue weighted by Crippen LogP contribution is -2.43. The SMILES string of the molecule is CN=C(NN)NCCS(=O)(=O)N(C)C. The largest absolute Gasteiger partial charge is 0.354 e. The lowest BCUT2D eigenvalue weighted by Gasteiger charge is -2.12. The quantitative estimate of drug-likeness (QED) is 0.220. The smallest absolute Gasteiger partial charge is 0.215 e. The van der Waals surface area contributed by atoms with Crippen LogP contribution in [0, 0.1) is 0 Å². The van der Waals surface area contributed by atoms with E-state index >= 15 is 0 Å². The van der Waals surface area contributed by atoms with E-state index in [1.165, 1.54) is 18.4 Å². The maximum atomic E-state index is 11.3. The maximum Gasteiger partial charge on any atom is 0.215 e. The van der Waals surface area contributed by atoms with Gasteiger partial charge in [-0.15, -0.1) is 0 Å². The molecule has 8 heteroatoms. The van der Waals surface area contributed by atoms with Crippen LogP contribution in [0.15, 0.2) is 4.99 Å². The van der Waals surface area contributed by atoms with Crippen molar-refractivity contribution in [2.24, 2.45) is 10.8 Å². The van der Waals surface area contributed by atoms with Crippen LogP contribution in [0.3, 0.4) is 0 Å². The number of hydrogen-bond acceptors (Lipinski definition) is 4. The third kappa shape index (κ3) is 4.40. The number of rotatable bonds is 4. The van der Waals surface area contributed by atoms with Crippen molar-refractivity contribution in [2.75, 3.05) is 33.4 Å². The highest BCUT2D eigenvalue weighted by Gasteiger charge is 2.12. The third-order valence-corrected chi connectivity index (χ3v) is 3.40. The second-order valence-electron chi connectivity index (χ2n) is 2.74. The minimum absolute atomic E-state index is 0.000694. The first-order chi connectivity index (χ1) is 6.44. The van der Waals surface area contributed by atoms with E-state index in [1.54, 1.807) is 7.05 Å². The van der Waals surface area contributed by atoms with Gasteiger partial charge >= 0.3 is 0 Å². The first-order valence-corrected chi connectivity index (χ1v) is 5.62. The van der Waals surface area contributed by atoms with Crippen LogP contribution in [0.2, 0.25) is 0 Å². The lowest BCUT2D eigenvalue weighted by molar-refractivity contribution is 0.519. The molecule has 0 bridgehead atoms. The van der Waals surface area contributed by atoms with Gasteiger partial charge < -0.3 is 5.32 Å². The summed E-state index contributed by atoms with van der Waals surface area (Å²) in [6.45, 7) is 0.261. The second-order valence-corrected chi connectivity index (χ2v) is 5.04. The van der Waals surface area contributed by atoms with Gasteiger partial charge in [-0.2, -0.15) is 0 Å². The van der Waals surface area contributed by atoms with Crippen LogP contribution in [0.5, 0.6) is 0 Å². The van der Waals surface area contributed by atoms with Gasteiger partial charge in [-0.3, -0.25) is 10.4 Å². The zero-order valence-corrected chi connectivity index (χ0v) is 9.43. The molecule has 0 aliphatic rings. The van der Waals surface area contributed by atoms with Crippen molar-refractivity contribution in [2.45, 2.75) is 0 Å². The zero-order chi connectivity index (χ0) is 11.2. The molecule has 0 radical (unpaired) electrons.